The molecule has 2 aromatic rings. The lowest BCUT2D eigenvalue weighted by Gasteiger charge is -2.31. The molecule has 0 saturated heterocycles. The van der Waals surface area contributed by atoms with Crippen LogP contribution in [0.5, 0.6) is 0 Å². The summed E-state index contributed by atoms with van der Waals surface area (Å²) in [5.74, 6) is 0. The van der Waals surface area contributed by atoms with Crippen LogP contribution in [0.1, 0.15) is 39.4 Å². The summed E-state index contributed by atoms with van der Waals surface area (Å²) in [4.78, 5) is 0. The Morgan fingerprint density at radius 2 is 1.48 bits per heavy atom. The van der Waals surface area contributed by atoms with Gasteiger partial charge in [0.05, 0.1) is 17.3 Å². The van der Waals surface area contributed by atoms with Gasteiger partial charge in [0.2, 0.25) is 0 Å². The lowest BCUT2D eigenvalue weighted by Crippen LogP contribution is -2.44. The predicted octanol–water partition coefficient (Wildman–Crippen LogP) is 2.58. The Labute approximate surface area is 149 Å². The van der Waals surface area contributed by atoms with Gasteiger partial charge in [-0.05, 0) is 50.1 Å². The number of aliphatic hydroxyl groups is 2. The molecule has 136 valence electrons. The van der Waals surface area contributed by atoms with Crippen molar-refractivity contribution in [1.82, 2.24) is 0 Å². The summed E-state index contributed by atoms with van der Waals surface area (Å²) in [5.41, 5.74) is -1.17. The van der Waals surface area contributed by atoms with Crippen molar-refractivity contribution in [3.63, 3.8) is 0 Å². The minimum absolute atomic E-state index is 0.528. The van der Waals surface area contributed by atoms with E-state index in [1.165, 1.54) is 6.08 Å². The molecule has 0 aliphatic rings. The van der Waals surface area contributed by atoms with E-state index < -0.39 is 24.6 Å². The van der Waals surface area contributed by atoms with Crippen LogP contribution in [0.3, 0.4) is 0 Å². The van der Waals surface area contributed by atoms with E-state index in [1.807, 2.05) is 42.5 Å². The molecule has 1 atom stereocenters. The fourth-order valence-electron chi connectivity index (χ4n) is 1.79. The first-order valence-corrected chi connectivity index (χ1v) is 8.03. The highest BCUT2D eigenvalue weighted by atomic mass is 16.6. The van der Waals surface area contributed by atoms with Crippen LogP contribution in [-0.4, -0.2) is 38.8 Å². The molecule has 2 aromatic carbocycles. The number of hydrogen-bond acceptors (Lipinski definition) is 5. The highest BCUT2D eigenvalue weighted by molar-refractivity contribution is 6.32. The summed E-state index contributed by atoms with van der Waals surface area (Å²) in [6.07, 6.45) is 1.00. The molecular weight excluding hydrogens is 319 g/mol. The molecule has 1 unspecified atom stereocenters. The molecule has 2 rings (SSSR count). The van der Waals surface area contributed by atoms with Crippen molar-refractivity contribution in [2.45, 2.75) is 45.0 Å². The van der Waals surface area contributed by atoms with Crippen molar-refractivity contribution >= 4 is 18.1 Å². The quantitative estimate of drug-likeness (QED) is 0.494. The van der Waals surface area contributed by atoms with Crippen LogP contribution in [0.4, 0.5) is 0 Å². The molecule has 0 spiro atoms. The maximum atomic E-state index is 9.10. The Balaban J connectivity index is 0.000000333. The number of fused-ring (bicyclic) bond motifs is 1. The molecule has 0 aliphatic carbocycles. The molecule has 0 aromatic heterocycles. The second kappa shape index (κ2) is 8.60. The van der Waals surface area contributed by atoms with Gasteiger partial charge in [0, 0.05) is 0 Å². The fourth-order valence-corrected chi connectivity index (χ4v) is 1.79. The van der Waals surface area contributed by atoms with Gasteiger partial charge in [-0.3, -0.25) is 0 Å². The summed E-state index contributed by atoms with van der Waals surface area (Å²) in [7, 11) is -1.80. The van der Waals surface area contributed by atoms with Crippen LogP contribution in [0.25, 0.3) is 10.8 Å². The van der Waals surface area contributed by atoms with Gasteiger partial charge in [-0.1, -0.05) is 42.5 Å². The number of hydrogen-bond donors (Lipinski definition) is 4. The van der Waals surface area contributed by atoms with Crippen LogP contribution in [0.2, 0.25) is 0 Å². The Bertz CT molecular complexity index is 674. The molecule has 4 N–H and O–H groups in total. The summed E-state index contributed by atoms with van der Waals surface area (Å²) in [6, 6.07) is 13.7. The Kier molecular flexibility index (Phi) is 7.35. The largest absolute Gasteiger partial charge is 0.634 e. The molecular formula is C19H27BO5. The van der Waals surface area contributed by atoms with Crippen LogP contribution < -0.4 is 0 Å². The Morgan fingerprint density at radius 1 is 0.960 bits per heavy atom. The predicted molar refractivity (Wildman–Crippen MR) is 101 cm³/mol. The molecule has 0 fully saturated rings. The molecule has 0 bridgehead atoms. The first-order chi connectivity index (χ1) is 11.5. The molecule has 0 aliphatic heterocycles. The van der Waals surface area contributed by atoms with Gasteiger partial charge >= 0.3 is 7.32 Å². The van der Waals surface area contributed by atoms with E-state index in [0.29, 0.717) is 0 Å². The minimum atomic E-state index is -1.80. The maximum Gasteiger partial charge on any atom is 0.634 e. The summed E-state index contributed by atoms with van der Waals surface area (Å²) in [6.45, 7) is 9.93. The lowest BCUT2D eigenvalue weighted by molar-refractivity contribution is -0.107. The topological polar surface area (TPSA) is 90.2 Å². The second-order valence-corrected chi connectivity index (χ2v) is 6.84. The Morgan fingerprint density at radius 3 is 1.92 bits per heavy atom. The molecule has 25 heavy (non-hydrogen) atoms. The van der Waals surface area contributed by atoms with Crippen LogP contribution in [0, 0.1) is 0 Å². The summed E-state index contributed by atoms with van der Waals surface area (Å²) >= 11 is 0. The monoisotopic (exact) mass is 346 g/mol. The van der Waals surface area contributed by atoms with Gasteiger partial charge in [-0.25, -0.2) is 0 Å². The van der Waals surface area contributed by atoms with Crippen LogP contribution in [0.15, 0.2) is 55.1 Å². The van der Waals surface area contributed by atoms with Gasteiger partial charge in [0.15, 0.2) is 0 Å². The van der Waals surface area contributed by atoms with Gasteiger partial charge in [-0.15, -0.1) is 6.58 Å². The zero-order chi connectivity index (χ0) is 19.3. The third-order valence-electron chi connectivity index (χ3n) is 4.08. The highest BCUT2D eigenvalue weighted by Crippen LogP contribution is 2.23. The highest BCUT2D eigenvalue weighted by Gasteiger charge is 2.31. The molecule has 0 amide bonds. The fraction of sp³-hybridized carbons (Fsp3) is 0.368. The van der Waals surface area contributed by atoms with Gasteiger partial charge in [0.25, 0.3) is 0 Å². The third-order valence-corrected chi connectivity index (χ3v) is 4.08. The molecule has 0 saturated carbocycles. The van der Waals surface area contributed by atoms with Crippen molar-refractivity contribution in [3.8, 4) is 0 Å². The van der Waals surface area contributed by atoms with E-state index in [1.54, 1.807) is 27.7 Å². The Hall–Kier alpha value is -1.70. The van der Waals surface area contributed by atoms with Gasteiger partial charge in [-0.2, -0.15) is 0 Å². The smallest absolute Gasteiger partial charge is 0.402 e. The van der Waals surface area contributed by atoms with Crippen LogP contribution in [-0.2, 0) is 4.65 Å². The summed E-state index contributed by atoms with van der Waals surface area (Å²) in [5, 5.41) is 38.0. The van der Waals surface area contributed by atoms with E-state index in [2.05, 4.69) is 6.58 Å². The second-order valence-electron chi connectivity index (χ2n) is 6.84. The van der Waals surface area contributed by atoms with E-state index >= 15 is 0 Å². The maximum absolute atomic E-state index is 9.10. The SMILES string of the molecule is C=CC(OB(O)O)c1ccc2ccccc2c1.CC(C)(O)C(C)(C)O. The van der Waals surface area contributed by atoms with E-state index in [9.17, 15) is 0 Å². The van der Waals surface area contributed by atoms with E-state index in [4.69, 9.17) is 24.9 Å². The van der Waals surface area contributed by atoms with Crippen molar-refractivity contribution in [1.29, 1.82) is 0 Å². The zero-order valence-electron chi connectivity index (χ0n) is 15.2. The van der Waals surface area contributed by atoms with Gasteiger partial charge < -0.3 is 24.9 Å². The first kappa shape index (κ1) is 21.3. The zero-order valence-corrected chi connectivity index (χ0v) is 15.2. The average molecular weight is 346 g/mol. The first-order valence-electron chi connectivity index (χ1n) is 8.03. The number of benzene rings is 2. The van der Waals surface area contributed by atoms with E-state index in [0.717, 1.165) is 16.3 Å². The molecule has 5 nitrogen and oxygen atoms in total. The van der Waals surface area contributed by atoms with Crippen molar-refractivity contribution in [3.05, 3.63) is 60.7 Å². The third kappa shape index (κ3) is 6.61. The average Bonchev–Trinajstić information content (AvgIpc) is 2.50. The van der Waals surface area contributed by atoms with Crippen LogP contribution >= 0.6 is 0 Å². The number of rotatable bonds is 5. The molecule has 0 heterocycles. The molecule has 0 radical (unpaired) electrons. The molecule has 6 heteroatoms. The van der Waals surface area contributed by atoms with Gasteiger partial charge in [0.1, 0.15) is 0 Å². The minimum Gasteiger partial charge on any atom is -0.402 e. The van der Waals surface area contributed by atoms with E-state index in [-0.39, 0.29) is 0 Å². The standard InChI is InChI=1S/C13H13BO3.C6H14O2/c1-2-13(17-14(15)16)12-8-7-10-5-3-4-6-11(10)9-12;1-5(2,7)6(3,4)8/h2-9,13,15-16H,1H2;7-8H,1-4H3. The van der Waals surface area contributed by atoms with Crippen molar-refractivity contribution in [2.75, 3.05) is 0 Å². The normalized spacial score (nSPS) is 13.0. The summed E-state index contributed by atoms with van der Waals surface area (Å²) < 4.78 is 4.93. The van der Waals surface area contributed by atoms with Crippen molar-refractivity contribution in [2.24, 2.45) is 0 Å². The van der Waals surface area contributed by atoms with Crippen molar-refractivity contribution < 1.29 is 24.9 Å². The lowest BCUT2D eigenvalue weighted by atomic mass is 9.90.